The summed E-state index contributed by atoms with van der Waals surface area (Å²) < 4.78 is 5.90. The van der Waals surface area contributed by atoms with Gasteiger partial charge in [0.05, 0.1) is 0 Å². The van der Waals surface area contributed by atoms with Gasteiger partial charge in [-0.15, -0.1) is 0 Å². The molecule has 0 aliphatic carbocycles. The molecule has 21 heavy (non-hydrogen) atoms. The first kappa shape index (κ1) is 14.2. The number of hydrogen-bond donors (Lipinski definition) is 1. The predicted molar refractivity (Wildman–Crippen MR) is 84.8 cm³/mol. The third-order valence-corrected chi connectivity index (χ3v) is 4.13. The molecule has 2 aromatic carbocycles. The highest BCUT2D eigenvalue weighted by molar-refractivity contribution is 5.45. The molecule has 1 aliphatic heterocycles. The molecule has 1 unspecified atom stereocenters. The minimum absolute atomic E-state index is 0.148. The van der Waals surface area contributed by atoms with E-state index < -0.39 is 6.10 Å². The third kappa shape index (κ3) is 2.68. The van der Waals surface area contributed by atoms with Crippen molar-refractivity contribution in [2.45, 2.75) is 45.8 Å². The lowest BCUT2D eigenvalue weighted by Gasteiger charge is -2.16. The van der Waals surface area contributed by atoms with Crippen LogP contribution in [0.4, 0.5) is 0 Å². The first-order valence-corrected chi connectivity index (χ1v) is 7.43. The van der Waals surface area contributed by atoms with Gasteiger partial charge in [0.15, 0.2) is 0 Å². The van der Waals surface area contributed by atoms with Crippen LogP contribution in [0.5, 0.6) is 5.75 Å². The average molecular weight is 282 g/mol. The van der Waals surface area contributed by atoms with E-state index in [1.807, 2.05) is 19.1 Å². The van der Waals surface area contributed by atoms with Gasteiger partial charge in [-0.05, 0) is 62.1 Å². The first-order chi connectivity index (χ1) is 9.85. The van der Waals surface area contributed by atoms with Gasteiger partial charge in [-0.25, -0.2) is 0 Å². The van der Waals surface area contributed by atoms with Crippen molar-refractivity contribution in [3.05, 3.63) is 64.2 Å². The lowest BCUT2D eigenvalue weighted by Crippen LogP contribution is -2.24. The molecule has 0 saturated carbocycles. The molecule has 0 amide bonds. The number of aliphatic hydroxyl groups is 1. The van der Waals surface area contributed by atoms with Crippen LogP contribution in [0.15, 0.2) is 36.4 Å². The van der Waals surface area contributed by atoms with E-state index in [2.05, 4.69) is 45.0 Å². The van der Waals surface area contributed by atoms with Gasteiger partial charge in [0.2, 0.25) is 0 Å². The van der Waals surface area contributed by atoms with Gasteiger partial charge in [-0.2, -0.15) is 0 Å². The Labute approximate surface area is 126 Å². The van der Waals surface area contributed by atoms with Crippen molar-refractivity contribution in [3.63, 3.8) is 0 Å². The van der Waals surface area contributed by atoms with Gasteiger partial charge in [0, 0.05) is 6.42 Å². The van der Waals surface area contributed by atoms with Crippen LogP contribution in [0.3, 0.4) is 0 Å². The van der Waals surface area contributed by atoms with Crippen LogP contribution in [0.1, 0.15) is 47.8 Å². The number of aryl methyl sites for hydroxylation is 2. The van der Waals surface area contributed by atoms with Crippen LogP contribution >= 0.6 is 0 Å². The maximum Gasteiger partial charge on any atom is 0.123 e. The molecule has 2 nitrogen and oxygen atoms in total. The fraction of sp³-hybridized carbons (Fsp3) is 0.368. The van der Waals surface area contributed by atoms with Crippen molar-refractivity contribution >= 4 is 0 Å². The van der Waals surface area contributed by atoms with Gasteiger partial charge in [0.25, 0.3) is 0 Å². The quantitative estimate of drug-likeness (QED) is 0.898. The second kappa shape index (κ2) is 4.88. The van der Waals surface area contributed by atoms with E-state index in [-0.39, 0.29) is 5.60 Å². The molecule has 2 heteroatoms. The van der Waals surface area contributed by atoms with Crippen molar-refractivity contribution in [3.8, 4) is 5.75 Å². The van der Waals surface area contributed by atoms with E-state index >= 15 is 0 Å². The lowest BCUT2D eigenvalue weighted by molar-refractivity contribution is 0.138. The third-order valence-electron chi connectivity index (χ3n) is 4.13. The molecule has 0 bridgehead atoms. The first-order valence-electron chi connectivity index (χ1n) is 7.43. The number of benzene rings is 2. The summed E-state index contributed by atoms with van der Waals surface area (Å²) in [4.78, 5) is 0. The highest BCUT2D eigenvalue weighted by atomic mass is 16.5. The van der Waals surface area contributed by atoms with Crippen molar-refractivity contribution in [2.75, 3.05) is 0 Å². The molecule has 110 valence electrons. The Morgan fingerprint density at radius 1 is 1.10 bits per heavy atom. The summed E-state index contributed by atoms with van der Waals surface area (Å²) >= 11 is 0. The second-order valence-corrected chi connectivity index (χ2v) is 6.67. The van der Waals surface area contributed by atoms with Crippen LogP contribution in [-0.2, 0) is 6.42 Å². The topological polar surface area (TPSA) is 29.5 Å². The SMILES string of the molecule is Cc1ccc(C)c(C(O)c2ccc3c(c2)CC(C)(C)O3)c1. The molecule has 1 N–H and O–H groups in total. The molecule has 1 heterocycles. The standard InChI is InChI=1S/C19H22O2/c1-12-5-6-13(2)16(9-12)18(20)14-7-8-17-15(10-14)11-19(3,4)21-17/h5-10,18,20H,11H2,1-4H3. The van der Waals surface area contributed by atoms with Crippen molar-refractivity contribution < 1.29 is 9.84 Å². The maximum atomic E-state index is 10.7. The van der Waals surface area contributed by atoms with Crippen LogP contribution in [-0.4, -0.2) is 10.7 Å². The molecule has 3 rings (SSSR count). The number of rotatable bonds is 2. The summed E-state index contributed by atoms with van der Waals surface area (Å²) in [6.07, 6.45) is 0.300. The van der Waals surface area contributed by atoms with Gasteiger partial charge in [-0.3, -0.25) is 0 Å². The number of ether oxygens (including phenoxy) is 1. The second-order valence-electron chi connectivity index (χ2n) is 6.67. The van der Waals surface area contributed by atoms with Gasteiger partial charge in [0.1, 0.15) is 17.5 Å². The van der Waals surface area contributed by atoms with E-state index in [4.69, 9.17) is 4.74 Å². The van der Waals surface area contributed by atoms with Gasteiger partial charge >= 0.3 is 0 Å². The van der Waals surface area contributed by atoms with Crippen LogP contribution in [0.25, 0.3) is 0 Å². The largest absolute Gasteiger partial charge is 0.487 e. The number of aliphatic hydroxyl groups excluding tert-OH is 1. The molecule has 1 atom stereocenters. The fourth-order valence-electron chi connectivity index (χ4n) is 3.03. The predicted octanol–water partition coefficient (Wildman–Crippen LogP) is 4.10. The minimum Gasteiger partial charge on any atom is -0.487 e. The summed E-state index contributed by atoms with van der Waals surface area (Å²) in [5, 5.41) is 10.7. The highest BCUT2D eigenvalue weighted by Gasteiger charge is 2.30. The minimum atomic E-state index is -0.584. The molecule has 0 fully saturated rings. The van der Waals surface area contributed by atoms with Crippen molar-refractivity contribution in [2.24, 2.45) is 0 Å². The summed E-state index contributed by atoms with van der Waals surface area (Å²) in [5.41, 5.74) is 5.23. The zero-order valence-corrected chi connectivity index (χ0v) is 13.1. The highest BCUT2D eigenvalue weighted by Crippen LogP contribution is 2.37. The smallest absolute Gasteiger partial charge is 0.123 e. The Balaban J connectivity index is 1.97. The van der Waals surface area contributed by atoms with Crippen LogP contribution < -0.4 is 4.74 Å². The molecular weight excluding hydrogens is 260 g/mol. The zero-order chi connectivity index (χ0) is 15.2. The normalized spacial score (nSPS) is 17.2. The zero-order valence-electron chi connectivity index (χ0n) is 13.1. The van der Waals surface area contributed by atoms with E-state index in [0.29, 0.717) is 0 Å². The van der Waals surface area contributed by atoms with Gasteiger partial charge < -0.3 is 9.84 Å². The molecule has 0 saturated heterocycles. The Hall–Kier alpha value is -1.80. The van der Waals surface area contributed by atoms with Gasteiger partial charge in [-0.1, -0.05) is 29.8 Å². The summed E-state index contributed by atoms with van der Waals surface area (Å²) in [6.45, 7) is 8.27. The molecule has 0 spiro atoms. The number of fused-ring (bicyclic) bond motifs is 1. The Morgan fingerprint density at radius 3 is 2.62 bits per heavy atom. The van der Waals surface area contributed by atoms with E-state index in [0.717, 1.165) is 28.9 Å². The number of hydrogen-bond acceptors (Lipinski definition) is 2. The monoisotopic (exact) mass is 282 g/mol. The molecule has 1 aliphatic rings. The van der Waals surface area contributed by atoms with E-state index in [9.17, 15) is 5.11 Å². The Bertz CT molecular complexity index is 686. The van der Waals surface area contributed by atoms with Crippen LogP contribution in [0, 0.1) is 13.8 Å². The Morgan fingerprint density at radius 2 is 1.86 bits per heavy atom. The van der Waals surface area contributed by atoms with E-state index in [1.165, 1.54) is 11.1 Å². The van der Waals surface area contributed by atoms with Crippen molar-refractivity contribution in [1.29, 1.82) is 0 Å². The molecule has 0 aromatic heterocycles. The summed E-state index contributed by atoms with van der Waals surface area (Å²) in [5.74, 6) is 0.942. The maximum absolute atomic E-state index is 10.7. The summed E-state index contributed by atoms with van der Waals surface area (Å²) in [6, 6.07) is 12.2. The van der Waals surface area contributed by atoms with Crippen molar-refractivity contribution in [1.82, 2.24) is 0 Å². The fourth-order valence-corrected chi connectivity index (χ4v) is 3.03. The Kier molecular flexibility index (Phi) is 3.29. The summed E-state index contributed by atoms with van der Waals surface area (Å²) in [7, 11) is 0. The lowest BCUT2D eigenvalue weighted by atomic mass is 9.93. The van der Waals surface area contributed by atoms with E-state index in [1.54, 1.807) is 0 Å². The average Bonchev–Trinajstić information content (AvgIpc) is 2.73. The van der Waals surface area contributed by atoms with Crippen LogP contribution in [0.2, 0.25) is 0 Å². The molecule has 0 radical (unpaired) electrons. The molecule has 2 aromatic rings. The molecular formula is C19H22O2.